The van der Waals surface area contributed by atoms with Crippen LogP contribution in [0.15, 0.2) is 54.7 Å². The molecule has 3 heteroatoms. The van der Waals surface area contributed by atoms with Crippen LogP contribution in [0.2, 0.25) is 5.02 Å². The number of fused-ring (bicyclic) bond motifs is 1. The summed E-state index contributed by atoms with van der Waals surface area (Å²) in [5.74, 6) is 0. The molecule has 21 heavy (non-hydrogen) atoms. The lowest BCUT2D eigenvalue weighted by molar-refractivity contribution is 0.816. The van der Waals surface area contributed by atoms with Gasteiger partial charge in [-0.05, 0) is 48.4 Å². The van der Waals surface area contributed by atoms with Crippen molar-refractivity contribution in [2.45, 2.75) is 13.0 Å². The molecule has 0 saturated carbocycles. The Bertz CT molecular complexity index is 763. The Labute approximate surface area is 129 Å². The van der Waals surface area contributed by atoms with Crippen molar-refractivity contribution in [3.05, 3.63) is 76.4 Å². The van der Waals surface area contributed by atoms with Crippen LogP contribution in [0.3, 0.4) is 0 Å². The Morgan fingerprint density at radius 1 is 1.05 bits per heavy atom. The quantitative estimate of drug-likeness (QED) is 0.780. The topological polar surface area (TPSA) is 24.9 Å². The van der Waals surface area contributed by atoms with Crippen LogP contribution >= 0.6 is 11.6 Å². The summed E-state index contributed by atoms with van der Waals surface area (Å²) in [4.78, 5) is 4.41. The smallest absolute Gasteiger partial charge is 0.0704 e. The first-order valence-electron chi connectivity index (χ1n) is 7.02. The predicted octanol–water partition coefficient (Wildman–Crippen LogP) is 4.20. The molecule has 0 fully saturated rings. The number of hydrogen-bond donors (Lipinski definition) is 1. The number of para-hydroxylation sites is 1. The average Bonchev–Trinajstić information content (AvgIpc) is 2.51. The van der Waals surface area contributed by atoms with E-state index in [0.29, 0.717) is 0 Å². The Morgan fingerprint density at radius 3 is 2.76 bits per heavy atom. The van der Waals surface area contributed by atoms with Crippen molar-refractivity contribution in [2.24, 2.45) is 0 Å². The van der Waals surface area contributed by atoms with Gasteiger partial charge in [-0.15, -0.1) is 0 Å². The summed E-state index contributed by atoms with van der Waals surface area (Å²) in [6, 6.07) is 16.6. The van der Waals surface area contributed by atoms with Crippen LogP contribution < -0.4 is 5.32 Å². The normalized spacial score (nSPS) is 11.0. The van der Waals surface area contributed by atoms with E-state index in [4.69, 9.17) is 11.6 Å². The molecule has 0 radical (unpaired) electrons. The van der Waals surface area contributed by atoms with Crippen molar-refractivity contribution in [1.29, 1.82) is 0 Å². The van der Waals surface area contributed by atoms with Gasteiger partial charge >= 0.3 is 0 Å². The highest BCUT2D eigenvalue weighted by Gasteiger charge is 2.05. The molecule has 0 aliphatic rings. The molecule has 0 spiro atoms. The highest BCUT2D eigenvalue weighted by Crippen LogP contribution is 2.22. The Balaban J connectivity index is 1.97. The third-order valence-electron chi connectivity index (χ3n) is 3.61. The SMILES string of the molecule is CNCc1cc(Cc2ccnc3ccccc23)ccc1Cl. The Morgan fingerprint density at radius 2 is 1.90 bits per heavy atom. The lowest BCUT2D eigenvalue weighted by atomic mass is 10.00. The number of nitrogens with one attached hydrogen (secondary N) is 1. The summed E-state index contributed by atoms with van der Waals surface area (Å²) in [5.41, 5.74) is 4.73. The molecule has 0 saturated heterocycles. The molecule has 2 nitrogen and oxygen atoms in total. The maximum Gasteiger partial charge on any atom is 0.0704 e. The van der Waals surface area contributed by atoms with Crippen LogP contribution in [-0.2, 0) is 13.0 Å². The second kappa shape index (κ2) is 6.25. The van der Waals surface area contributed by atoms with Gasteiger partial charge in [0.05, 0.1) is 5.52 Å². The molecule has 1 heterocycles. The van der Waals surface area contributed by atoms with Crippen LogP contribution in [0.4, 0.5) is 0 Å². The van der Waals surface area contributed by atoms with E-state index in [-0.39, 0.29) is 0 Å². The molecule has 0 aliphatic carbocycles. The fraction of sp³-hybridized carbons (Fsp3) is 0.167. The highest BCUT2D eigenvalue weighted by molar-refractivity contribution is 6.31. The van der Waals surface area contributed by atoms with Gasteiger partial charge in [-0.1, -0.05) is 41.9 Å². The van der Waals surface area contributed by atoms with Gasteiger partial charge < -0.3 is 5.32 Å². The van der Waals surface area contributed by atoms with Crippen LogP contribution in [0.1, 0.15) is 16.7 Å². The van der Waals surface area contributed by atoms with Crippen molar-refractivity contribution in [3.63, 3.8) is 0 Å². The zero-order valence-corrected chi connectivity index (χ0v) is 12.7. The third-order valence-corrected chi connectivity index (χ3v) is 3.98. The molecule has 106 valence electrons. The largest absolute Gasteiger partial charge is 0.316 e. The first-order chi connectivity index (χ1) is 10.3. The van der Waals surface area contributed by atoms with Crippen molar-refractivity contribution >= 4 is 22.5 Å². The summed E-state index contributed by atoms with van der Waals surface area (Å²) >= 11 is 6.22. The molecule has 1 aromatic heterocycles. The summed E-state index contributed by atoms with van der Waals surface area (Å²) in [6.07, 6.45) is 2.76. The minimum atomic E-state index is 0.782. The van der Waals surface area contributed by atoms with Gasteiger partial charge in [0.1, 0.15) is 0 Å². The molecule has 3 aromatic rings. The van der Waals surface area contributed by atoms with E-state index in [2.05, 4.69) is 40.6 Å². The average molecular weight is 297 g/mol. The zero-order valence-electron chi connectivity index (χ0n) is 11.9. The first kappa shape index (κ1) is 14.1. The summed E-state index contributed by atoms with van der Waals surface area (Å²) < 4.78 is 0. The maximum absolute atomic E-state index is 6.22. The molecule has 0 bridgehead atoms. The molecule has 3 rings (SSSR count). The maximum atomic E-state index is 6.22. The lowest BCUT2D eigenvalue weighted by Gasteiger charge is -2.09. The number of rotatable bonds is 4. The van der Waals surface area contributed by atoms with Crippen LogP contribution in [0.5, 0.6) is 0 Å². The minimum Gasteiger partial charge on any atom is -0.316 e. The molecule has 0 amide bonds. The van der Waals surface area contributed by atoms with Crippen LogP contribution in [-0.4, -0.2) is 12.0 Å². The number of benzene rings is 2. The van der Waals surface area contributed by atoms with Gasteiger partial charge in [-0.25, -0.2) is 0 Å². The Kier molecular flexibility index (Phi) is 4.18. The molecule has 2 aromatic carbocycles. The molecular formula is C18H17ClN2. The number of pyridine rings is 1. The number of aromatic nitrogens is 1. The number of nitrogens with zero attached hydrogens (tertiary/aromatic N) is 1. The fourth-order valence-electron chi connectivity index (χ4n) is 2.59. The number of halogens is 1. The van der Waals surface area contributed by atoms with Gasteiger partial charge in [-0.3, -0.25) is 4.98 Å². The van der Waals surface area contributed by atoms with Crippen LogP contribution in [0, 0.1) is 0 Å². The molecular weight excluding hydrogens is 280 g/mol. The highest BCUT2D eigenvalue weighted by atomic mass is 35.5. The Hall–Kier alpha value is -1.90. The summed E-state index contributed by atoms with van der Waals surface area (Å²) in [7, 11) is 1.93. The van der Waals surface area contributed by atoms with E-state index in [0.717, 1.165) is 29.1 Å². The summed E-state index contributed by atoms with van der Waals surface area (Å²) in [6.45, 7) is 0.782. The second-order valence-electron chi connectivity index (χ2n) is 5.12. The monoisotopic (exact) mass is 296 g/mol. The van der Waals surface area contributed by atoms with Gasteiger partial charge in [0.25, 0.3) is 0 Å². The third kappa shape index (κ3) is 3.07. The predicted molar refractivity (Wildman–Crippen MR) is 88.8 cm³/mol. The lowest BCUT2D eigenvalue weighted by Crippen LogP contribution is -2.06. The zero-order chi connectivity index (χ0) is 14.7. The van der Waals surface area contributed by atoms with Crippen LogP contribution in [0.25, 0.3) is 10.9 Å². The van der Waals surface area contributed by atoms with Crippen molar-refractivity contribution < 1.29 is 0 Å². The van der Waals surface area contributed by atoms with Crippen molar-refractivity contribution in [3.8, 4) is 0 Å². The second-order valence-corrected chi connectivity index (χ2v) is 5.53. The molecule has 0 atom stereocenters. The minimum absolute atomic E-state index is 0.782. The van der Waals surface area contributed by atoms with E-state index in [9.17, 15) is 0 Å². The molecule has 1 N–H and O–H groups in total. The van der Waals surface area contributed by atoms with Gasteiger partial charge in [0, 0.05) is 23.2 Å². The van der Waals surface area contributed by atoms with E-state index in [1.807, 2.05) is 31.4 Å². The van der Waals surface area contributed by atoms with E-state index < -0.39 is 0 Å². The first-order valence-corrected chi connectivity index (χ1v) is 7.40. The van der Waals surface area contributed by atoms with Crippen molar-refractivity contribution in [1.82, 2.24) is 10.3 Å². The van der Waals surface area contributed by atoms with Gasteiger partial charge in [0.2, 0.25) is 0 Å². The summed E-state index contributed by atoms with van der Waals surface area (Å²) in [5, 5.41) is 5.18. The van der Waals surface area contributed by atoms with E-state index in [1.165, 1.54) is 16.5 Å². The van der Waals surface area contributed by atoms with Gasteiger partial charge in [0.15, 0.2) is 0 Å². The van der Waals surface area contributed by atoms with E-state index >= 15 is 0 Å². The molecule has 0 aliphatic heterocycles. The standard InChI is InChI=1S/C18H17ClN2/c1-20-12-15-11-13(6-7-17(15)19)10-14-8-9-21-18-5-3-2-4-16(14)18/h2-9,11,20H,10,12H2,1H3. The van der Waals surface area contributed by atoms with Crippen molar-refractivity contribution in [2.75, 3.05) is 7.05 Å². The number of hydrogen-bond acceptors (Lipinski definition) is 2. The molecule has 0 unspecified atom stereocenters. The van der Waals surface area contributed by atoms with E-state index in [1.54, 1.807) is 0 Å². The fourth-order valence-corrected chi connectivity index (χ4v) is 2.78. The van der Waals surface area contributed by atoms with Gasteiger partial charge in [-0.2, -0.15) is 0 Å².